The molecule has 1 N–H and O–H groups in total. The Kier molecular flexibility index (Phi) is 5.78. The number of fused-ring (bicyclic) bond motifs is 1. The third kappa shape index (κ3) is 4.17. The van der Waals surface area contributed by atoms with E-state index < -0.39 is 0 Å². The predicted molar refractivity (Wildman–Crippen MR) is 108 cm³/mol. The summed E-state index contributed by atoms with van der Waals surface area (Å²) in [5, 5.41) is 6.43. The Bertz CT molecular complexity index is 910. The number of pyridine rings is 1. The van der Waals surface area contributed by atoms with Gasteiger partial charge in [-0.3, -0.25) is 4.98 Å². The Morgan fingerprint density at radius 2 is 2.12 bits per heavy atom. The van der Waals surface area contributed by atoms with Gasteiger partial charge in [0.05, 0.1) is 23.8 Å². The molecule has 3 aromatic rings. The van der Waals surface area contributed by atoms with E-state index >= 15 is 0 Å². The first-order valence-corrected chi connectivity index (χ1v) is 9.09. The van der Waals surface area contributed by atoms with Crippen LogP contribution in [0.1, 0.15) is 18.3 Å². The third-order valence-corrected chi connectivity index (χ3v) is 4.51. The molecule has 3 rings (SSSR count). The minimum absolute atomic E-state index is 0.530. The summed E-state index contributed by atoms with van der Waals surface area (Å²) in [6.45, 7) is 4.12. The summed E-state index contributed by atoms with van der Waals surface area (Å²) in [6, 6.07) is 12.3. The van der Waals surface area contributed by atoms with Crippen molar-refractivity contribution in [2.45, 2.75) is 20.0 Å². The number of aryl methyl sites for hydroxylation is 1. The zero-order valence-corrected chi connectivity index (χ0v) is 16.2. The van der Waals surface area contributed by atoms with E-state index in [4.69, 9.17) is 16.6 Å². The molecule has 0 radical (unpaired) electrons. The molecule has 0 saturated carbocycles. The van der Waals surface area contributed by atoms with Crippen LogP contribution < -0.4 is 5.32 Å². The monoisotopic (exact) mass is 369 g/mol. The lowest BCUT2D eigenvalue weighted by Gasteiger charge is -2.22. The number of benzene rings is 1. The molecular weight excluding hydrogens is 346 g/mol. The Labute approximate surface area is 159 Å². The molecule has 0 amide bonds. The van der Waals surface area contributed by atoms with Crippen LogP contribution in [-0.4, -0.2) is 34.0 Å². The lowest BCUT2D eigenvalue weighted by molar-refractivity contribution is 0.462. The van der Waals surface area contributed by atoms with Crippen LogP contribution >= 0.6 is 11.6 Å². The average Bonchev–Trinajstić information content (AvgIpc) is 2.95. The molecule has 0 unspecified atom stereocenters. The zero-order valence-electron chi connectivity index (χ0n) is 15.4. The van der Waals surface area contributed by atoms with Gasteiger partial charge in [0, 0.05) is 44.1 Å². The third-order valence-electron chi connectivity index (χ3n) is 4.30. The van der Waals surface area contributed by atoms with Crippen molar-refractivity contribution in [1.82, 2.24) is 19.8 Å². The van der Waals surface area contributed by atoms with Crippen molar-refractivity contribution < 1.29 is 0 Å². The molecular formula is C20H24ClN5. The van der Waals surface area contributed by atoms with Gasteiger partial charge in [-0.1, -0.05) is 35.9 Å². The van der Waals surface area contributed by atoms with Crippen LogP contribution in [0.5, 0.6) is 0 Å². The Morgan fingerprint density at radius 3 is 2.85 bits per heavy atom. The molecule has 2 aromatic heterocycles. The number of rotatable bonds is 5. The number of hydrogen-bond donors (Lipinski definition) is 1. The normalized spacial score (nSPS) is 11.8. The summed E-state index contributed by atoms with van der Waals surface area (Å²) in [4.78, 5) is 11.4. The highest BCUT2D eigenvalue weighted by Gasteiger charge is 2.10. The number of hydrogen-bond acceptors (Lipinski definition) is 2. The van der Waals surface area contributed by atoms with E-state index in [1.165, 1.54) is 5.39 Å². The molecule has 0 spiro atoms. The van der Waals surface area contributed by atoms with Crippen molar-refractivity contribution in [3.8, 4) is 0 Å². The molecule has 0 aliphatic heterocycles. The van der Waals surface area contributed by atoms with E-state index in [9.17, 15) is 0 Å². The smallest absolute Gasteiger partial charge is 0.194 e. The van der Waals surface area contributed by atoms with Crippen LogP contribution in [0.25, 0.3) is 10.8 Å². The highest BCUT2D eigenvalue weighted by Crippen LogP contribution is 2.17. The Balaban J connectivity index is 1.81. The number of aliphatic imine (C=N–C) groups is 1. The van der Waals surface area contributed by atoms with Crippen molar-refractivity contribution in [3.63, 3.8) is 0 Å². The van der Waals surface area contributed by atoms with Gasteiger partial charge < -0.3 is 14.8 Å². The fourth-order valence-corrected chi connectivity index (χ4v) is 3.24. The van der Waals surface area contributed by atoms with E-state index in [1.807, 2.05) is 55.3 Å². The Morgan fingerprint density at radius 1 is 1.31 bits per heavy atom. The standard InChI is InChI=1S/C20H24ClN5/c1-4-22-20(26(3)14-17-11-16(21)13-25(17)2)24-12-19-18-8-6-5-7-15(18)9-10-23-19/h5-11,13H,4,12,14H2,1-3H3,(H,22,24). The molecule has 0 bridgehead atoms. The van der Waals surface area contributed by atoms with Gasteiger partial charge in [-0.15, -0.1) is 0 Å². The number of aromatic nitrogens is 2. The van der Waals surface area contributed by atoms with Crippen LogP contribution in [0.3, 0.4) is 0 Å². The van der Waals surface area contributed by atoms with E-state index in [0.717, 1.165) is 40.8 Å². The molecule has 136 valence electrons. The second kappa shape index (κ2) is 8.23. The quantitative estimate of drug-likeness (QED) is 0.549. The van der Waals surface area contributed by atoms with Gasteiger partial charge in [-0.25, -0.2) is 4.99 Å². The Hall–Kier alpha value is -2.53. The maximum Gasteiger partial charge on any atom is 0.194 e. The highest BCUT2D eigenvalue weighted by molar-refractivity contribution is 6.30. The van der Waals surface area contributed by atoms with Gasteiger partial charge in [0.1, 0.15) is 0 Å². The topological polar surface area (TPSA) is 45.5 Å². The summed E-state index contributed by atoms with van der Waals surface area (Å²) in [6.07, 6.45) is 3.75. The van der Waals surface area contributed by atoms with Crippen molar-refractivity contribution >= 4 is 28.3 Å². The van der Waals surface area contributed by atoms with Crippen LogP contribution in [0, 0.1) is 0 Å². The molecule has 6 heteroatoms. The van der Waals surface area contributed by atoms with E-state index in [2.05, 4.69) is 34.3 Å². The highest BCUT2D eigenvalue weighted by atomic mass is 35.5. The first kappa shape index (κ1) is 18.3. The van der Waals surface area contributed by atoms with Crippen LogP contribution in [0.4, 0.5) is 0 Å². The lowest BCUT2D eigenvalue weighted by atomic mass is 10.1. The van der Waals surface area contributed by atoms with Gasteiger partial charge in [-0.05, 0) is 24.4 Å². The van der Waals surface area contributed by atoms with E-state index in [0.29, 0.717) is 6.54 Å². The van der Waals surface area contributed by atoms with Crippen molar-refractivity contribution in [2.75, 3.05) is 13.6 Å². The fraction of sp³-hybridized carbons (Fsp3) is 0.300. The van der Waals surface area contributed by atoms with Gasteiger partial charge in [-0.2, -0.15) is 0 Å². The van der Waals surface area contributed by atoms with Crippen molar-refractivity contribution in [1.29, 1.82) is 0 Å². The predicted octanol–water partition coefficient (Wildman–Crippen LogP) is 3.82. The molecule has 0 atom stereocenters. The molecule has 1 aromatic carbocycles. The lowest BCUT2D eigenvalue weighted by Crippen LogP contribution is -2.38. The summed E-state index contributed by atoms with van der Waals surface area (Å²) in [5.74, 6) is 0.847. The summed E-state index contributed by atoms with van der Waals surface area (Å²) >= 11 is 6.09. The SMILES string of the molecule is CCNC(=NCc1nccc2ccccc12)N(C)Cc1cc(Cl)cn1C. The molecule has 0 saturated heterocycles. The number of halogens is 1. The second-order valence-electron chi connectivity index (χ2n) is 6.27. The average molecular weight is 370 g/mol. The van der Waals surface area contributed by atoms with E-state index in [1.54, 1.807) is 0 Å². The van der Waals surface area contributed by atoms with E-state index in [-0.39, 0.29) is 0 Å². The summed E-state index contributed by atoms with van der Waals surface area (Å²) in [5.41, 5.74) is 2.11. The largest absolute Gasteiger partial charge is 0.357 e. The fourth-order valence-electron chi connectivity index (χ4n) is 2.97. The minimum atomic E-state index is 0.530. The van der Waals surface area contributed by atoms with Gasteiger partial charge in [0.2, 0.25) is 0 Å². The molecule has 0 aliphatic carbocycles. The van der Waals surface area contributed by atoms with Gasteiger partial charge >= 0.3 is 0 Å². The van der Waals surface area contributed by atoms with Crippen molar-refractivity contribution in [3.05, 3.63) is 65.2 Å². The molecule has 0 fully saturated rings. The van der Waals surface area contributed by atoms with Gasteiger partial charge in [0.25, 0.3) is 0 Å². The maximum absolute atomic E-state index is 6.09. The first-order valence-electron chi connectivity index (χ1n) is 8.71. The van der Waals surface area contributed by atoms with Crippen LogP contribution in [-0.2, 0) is 20.1 Å². The molecule has 5 nitrogen and oxygen atoms in total. The summed E-state index contributed by atoms with van der Waals surface area (Å²) < 4.78 is 2.04. The number of guanidine groups is 1. The molecule has 0 aliphatic rings. The van der Waals surface area contributed by atoms with Crippen molar-refractivity contribution in [2.24, 2.45) is 12.0 Å². The van der Waals surface area contributed by atoms with Crippen LogP contribution in [0.2, 0.25) is 5.02 Å². The number of nitrogens with zero attached hydrogens (tertiary/aromatic N) is 4. The van der Waals surface area contributed by atoms with Crippen LogP contribution in [0.15, 0.2) is 53.8 Å². The molecule has 26 heavy (non-hydrogen) atoms. The maximum atomic E-state index is 6.09. The second-order valence-corrected chi connectivity index (χ2v) is 6.70. The van der Waals surface area contributed by atoms with Gasteiger partial charge in [0.15, 0.2) is 5.96 Å². The minimum Gasteiger partial charge on any atom is -0.357 e. The molecule has 2 heterocycles. The number of nitrogens with one attached hydrogen (secondary N) is 1. The first-order chi connectivity index (χ1) is 12.6. The zero-order chi connectivity index (χ0) is 18.5. The summed E-state index contributed by atoms with van der Waals surface area (Å²) in [7, 11) is 4.03.